The van der Waals surface area contributed by atoms with Gasteiger partial charge in [-0.25, -0.2) is 4.98 Å². The van der Waals surface area contributed by atoms with Gasteiger partial charge in [-0.15, -0.1) is 0 Å². The molecule has 2 fully saturated rings. The quantitative estimate of drug-likeness (QED) is 0.507. The third-order valence-corrected chi connectivity index (χ3v) is 7.42. The molecule has 2 aliphatic rings. The van der Waals surface area contributed by atoms with Crippen molar-refractivity contribution in [3.8, 4) is 6.07 Å². The second kappa shape index (κ2) is 9.56. The summed E-state index contributed by atoms with van der Waals surface area (Å²) >= 11 is 6.44. The molecule has 11 heteroatoms. The van der Waals surface area contributed by atoms with Crippen LogP contribution in [0.5, 0.6) is 0 Å². The van der Waals surface area contributed by atoms with Crippen LogP contribution in [-0.2, 0) is 11.8 Å². The molecule has 0 unspecified atom stereocenters. The van der Waals surface area contributed by atoms with E-state index in [1.807, 2.05) is 18.2 Å². The van der Waals surface area contributed by atoms with Gasteiger partial charge in [0.2, 0.25) is 11.9 Å². The first-order chi connectivity index (χ1) is 17.7. The molecule has 1 aromatic carbocycles. The monoisotopic (exact) mass is 520 g/mol. The van der Waals surface area contributed by atoms with Crippen molar-refractivity contribution in [2.24, 2.45) is 13.0 Å². The van der Waals surface area contributed by atoms with Crippen LogP contribution in [0.2, 0.25) is 5.02 Å². The molecule has 1 amide bonds. The molecule has 1 aliphatic carbocycles. The normalized spacial score (nSPS) is 16.8. The smallest absolute Gasteiger partial charge is 0.252 e. The zero-order valence-electron chi connectivity index (χ0n) is 21.1. The third kappa shape index (κ3) is 4.91. The fourth-order valence-corrected chi connectivity index (χ4v) is 4.85. The van der Waals surface area contributed by atoms with Crippen molar-refractivity contribution in [1.82, 2.24) is 19.4 Å². The van der Waals surface area contributed by atoms with Gasteiger partial charge < -0.3 is 25.0 Å². The minimum atomic E-state index is -0.613. The Morgan fingerprint density at radius 2 is 1.97 bits per heavy atom. The molecular weight excluding hydrogens is 492 g/mol. The fraction of sp³-hybridized carbons (Fsp3) is 0.423. The molecule has 5 rings (SSSR count). The summed E-state index contributed by atoms with van der Waals surface area (Å²) in [6, 6.07) is 9.49. The van der Waals surface area contributed by atoms with E-state index in [-0.39, 0.29) is 17.4 Å². The van der Waals surface area contributed by atoms with Crippen molar-refractivity contribution >= 4 is 51.6 Å². The number of amides is 1. The topological polar surface area (TPSA) is 119 Å². The lowest BCUT2D eigenvalue weighted by Gasteiger charge is -2.32. The number of hydrogen-bond acceptors (Lipinski definition) is 8. The molecular formula is C26H29ClN8O2. The summed E-state index contributed by atoms with van der Waals surface area (Å²) in [5.41, 5.74) is 1.35. The van der Waals surface area contributed by atoms with Gasteiger partial charge in [-0.3, -0.25) is 9.59 Å². The van der Waals surface area contributed by atoms with Gasteiger partial charge in [0.05, 0.1) is 23.5 Å². The molecule has 192 valence electrons. The maximum Gasteiger partial charge on any atom is 0.252 e. The number of aromatic nitrogens is 3. The van der Waals surface area contributed by atoms with Gasteiger partial charge in [0.25, 0.3) is 5.56 Å². The minimum absolute atomic E-state index is 0.0170. The number of piperidine rings is 1. The SMILES string of the molecule is CN(C)C(=O)C1CCN(c2ncc(Cl)c(Nc3ccc4c(c3)c(NC3(C#N)CC3)cc(=O)n4C)n2)CC1. The summed E-state index contributed by atoms with van der Waals surface area (Å²) < 4.78 is 1.58. The maximum absolute atomic E-state index is 12.5. The molecule has 0 radical (unpaired) electrons. The maximum atomic E-state index is 12.5. The zero-order chi connectivity index (χ0) is 26.3. The molecule has 2 N–H and O–H groups in total. The van der Waals surface area contributed by atoms with Gasteiger partial charge in [0, 0.05) is 57.3 Å². The average molecular weight is 521 g/mol. The largest absolute Gasteiger partial charge is 0.367 e. The third-order valence-electron chi connectivity index (χ3n) is 7.15. The van der Waals surface area contributed by atoms with Crippen LogP contribution in [0.4, 0.5) is 23.1 Å². The van der Waals surface area contributed by atoms with Crippen LogP contribution < -0.4 is 21.1 Å². The lowest BCUT2D eigenvalue weighted by molar-refractivity contribution is -0.133. The van der Waals surface area contributed by atoms with E-state index >= 15 is 0 Å². The van der Waals surface area contributed by atoms with Crippen LogP contribution in [0.3, 0.4) is 0 Å². The van der Waals surface area contributed by atoms with Crippen LogP contribution in [0.15, 0.2) is 35.3 Å². The number of rotatable bonds is 6. The fourth-order valence-electron chi connectivity index (χ4n) is 4.72. The molecule has 1 saturated heterocycles. The number of nitrogens with zero attached hydrogens (tertiary/aromatic N) is 6. The zero-order valence-corrected chi connectivity index (χ0v) is 21.8. The van der Waals surface area contributed by atoms with Crippen LogP contribution in [0, 0.1) is 17.2 Å². The van der Waals surface area contributed by atoms with E-state index in [9.17, 15) is 14.9 Å². The minimum Gasteiger partial charge on any atom is -0.367 e. The number of carbonyl (C=O) groups is 1. The van der Waals surface area contributed by atoms with Gasteiger partial charge in [-0.1, -0.05) is 11.6 Å². The number of carbonyl (C=O) groups excluding carboxylic acids is 1. The molecule has 1 saturated carbocycles. The standard InChI is InChI=1S/C26H29ClN8O2/c1-33(2)24(37)16-6-10-35(11-7-16)25-29-14-19(27)23(31-25)30-17-4-5-21-18(12-17)20(13-22(36)34(21)3)32-26(15-28)8-9-26/h4-5,12-14,16,32H,6-11H2,1-3H3,(H,29,30,31). The number of pyridine rings is 1. The van der Waals surface area contributed by atoms with Gasteiger partial charge in [0.15, 0.2) is 5.82 Å². The number of nitrogens with one attached hydrogen (secondary N) is 2. The lowest BCUT2D eigenvalue weighted by atomic mass is 9.96. The van der Waals surface area contributed by atoms with E-state index in [2.05, 4.69) is 31.6 Å². The molecule has 0 spiro atoms. The molecule has 3 heterocycles. The van der Waals surface area contributed by atoms with Gasteiger partial charge >= 0.3 is 0 Å². The second-order valence-electron chi connectivity index (χ2n) is 9.99. The average Bonchev–Trinajstić information content (AvgIpc) is 3.68. The van der Waals surface area contributed by atoms with Crippen LogP contribution in [-0.4, -0.2) is 58.1 Å². The van der Waals surface area contributed by atoms with E-state index < -0.39 is 5.54 Å². The Hall–Kier alpha value is -3.84. The van der Waals surface area contributed by atoms with Crippen molar-refractivity contribution in [3.05, 3.63) is 45.8 Å². The number of aryl methyl sites for hydroxylation is 1. The van der Waals surface area contributed by atoms with Gasteiger partial charge in [-0.2, -0.15) is 10.2 Å². The Balaban J connectivity index is 1.40. The highest BCUT2D eigenvalue weighted by molar-refractivity contribution is 6.32. The number of anilines is 4. The summed E-state index contributed by atoms with van der Waals surface area (Å²) in [4.78, 5) is 37.6. The van der Waals surface area contributed by atoms with Crippen molar-refractivity contribution in [2.45, 2.75) is 31.2 Å². The molecule has 0 atom stereocenters. The van der Waals surface area contributed by atoms with Gasteiger partial charge in [0.1, 0.15) is 10.6 Å². The molecule has 10 nitrogen and oxygen atoms in total. The molecule has 2 aromatic heterocycles. The Labute approximate surface area is 219 Å². The number of halogens is 1. The van der Waals surface area contributed by atoms with Crippen molar-refractivity contribution in [3.63, 3.8) is 0 Å². The predicted molar refractivity (Wildman–Crippen MR) is 144 cm³/mol. The van der Waals surface area contributed by atoms with E-state index in [4.69, 9.17) is 11.6 Å². The van der Waals surface area contributed by atoms with Crippen molar-refractivity contribution < 1.29 is 4.79 Å². The number of hydrogen-bond donors (Lipinski definition) is 2. The highest BCUT2D eigenvalue weighted by atomic mass is 35.5. The van der Waals surface area contributed by atoms with Crippen molar-refractivity contribution in [1.29, 1.82) is 5.26 Å². The molecule has 0 bridgehead atoms. The predicted octanol–water partition coefficient (Wildman–Crippen LogP) is 3.50. The van der Waals surface area contributed by atoms with E-state index in [1.54, 1.807) is 36.8 Å². The summed E-state index contributed by atoms with van der Waals surface area (Å²) in [6.45, 7) is 1.37. The van der Waals surface area contributed by atoms with E-state index in [1.165, 1.54) is 6.07 Å². The Bertz CT molecular complexity index is 1470. The van der Waals surface area contributed by atoms with E-state index in [0.29, 0.717) is 35.6 Å². The summed E-state index contributed by atoms with van der Waals surface area (Å²) in [7, 11) is 5.29. The first kappa shape index (κ1) is 24.8. The molecule has 3 aromatic rings. The number of nitriles is 1. The lowest BCUT2D eigenvalue weighted by Crippen LogP contribution is -2.40. The molecule has 1 aliphatic heterocycles. The summed E-state index contributed by atoms with van der Waals surface area (Å²) in [5, 5.41) is 17.3. The summed E-state index contributed by atoms with van der Waals surface area (Å²) in [5.74, 6) is 1.19. The van der Waals surface area contributed by atoms with Crippen LogP contribution >= 0.6 is 11.6 Å². The number of benzene rings is 1. The number of fused-ring (bicyclic) bond motifs is 1. The first-order valence-electron chi connectivity index (χ1n) is 12.3. The van der Waals surface area contributed by atoms with Crippen molar-refractivity contribution in [2.75, 3.05) is 42.7 Å². The van der Waals surface area contributed by atoms with Crippen LogP contribution in [0.1, 0.15) is 25.7 Å². The first-order valence-corrected chi connectivity index (χ1v) is 12.7. The highest BCUT2D eigenvalue weighted by Gasteiger charge is 2.43. The Morgan fingerprint density at radius 1 is 1.24 bits per heavy atom. The Kier molecular flexibility index (Phi) is 6.42. The van der Waals surface area contributed by atoms with Gasteiger partial charge in [-0.05, 0) is 43.9 Å². The summed E-state index contributed by atoms with van der Waals surface area (Å²) in [6.07, 6.45) is 4.56. The Morgan fingerprint density at radius 3 is 2.62 bits per heavy atom. The highest BCUT2D eigenvalue weighted by Crippen LogP contribution is 2.40. The second-order valence-corrected chi connectivity index (χ2v) is 10.4. The van der Waals surface area contributed by atoms with Crippen LogP contribution in [0.25, 0.3) is 10.9 Å². The molecule has 37 heavy (non-hydrogen) atoms. The van der Waals surface area contributed by atoms with E-state index in [0.717, 1.165) is 42.3 Å².